The van der Waals surface area contributed by atoms with E-state index >= 15 is 0 Å². The summed E-state index contributed by atoms with van der Waals surface area (Å²) in [4.78, 5) is 0. The van der Waals surface area contributed by atoms with E-state index in [0.29, 0.717) is 5.75 Å². The molecule has 0 aromatic heterocycles. The molecule has 0 spiro atoms. The van der Waals surface area contributed by atoms with Crippen LogP contribution in [0, 0.1) is 0 Å². The van der Waals surface area contributed by atoms with Gasteiger partial charge in [0.1, 0.15) is 5.75 Å². The largest absolute Gasteiger partial charge is 0.508 e. The maximum Gasteiger partial charge on any atom is 0.118 e. The molecule has 1 heteroatoms. The van der Waals surface area contributed by atoms with Gasteiger partial charge in [0.15, 0.2) is 0 Å². The Balaban J connectivity index is 1.84. The molecule has 0 amide bonds. The van der Waals surface area contributed by atoms with Crippen molar-refractivity contribution in [2.45, 2.75) is 19.3 Å². The van der Waals surface area contributed by atoms with Crippen molar-refractivity contribution in [2.24, 2.45) is 0 Å². The predicted octanol–water partition coefficient (Wildman–Crippen LogP) is 7.07. The van der Waals surface area contributed by atoms with Crippen LogP contribution in [0.5, 0.6) is 5.75 Å². The van der Waals surface area contributed by atoms with Gasteiger partial charge < -0.3 is 5.11 Å². The van der Waals surface area contributed by atoms with E-state index < -0.39 is 0 Å². The van der Waals surface area contributed by atoms with Crippen LogP contribution >= 0.6 is 0 Å². The van der Waals surface area contributed by atoms with Crippen molar-refractivity contribution in [1.82, 2.24) is 0 Å². The molecule has 0 fully saturated rings. The van der Waals surface area contributed by atoms with Gasteiger partial charge >= 0.3 is 0 Å². The van der Waals surface area contributed by atoms with Crippen molar-refractivity contribution >= 4 is 0 Å². The molecule has 0 heterocycles. The number of rotatable bonds is 5. The highest BCUT2D eigenvalue weighted by Crippen LogP contribution is 2.39. The highest BCUT2D eigenvalue weighted by Gasteiger charge is 2.18. The van der Waals surface area contributed by atoms with Crippen molar-refractivity contribution < 1.29 is 5.11 Å². The smallest absolute Gasteiger partial charge is 0.118 e. The molecule has 0 aliphatic rings. The van der Waals surface area contributed by atoms with Gasteiger partial charge in [-0.2, -0.15) is 0 Å². The van der Waals surface area contributed by atoms with Crippen LogP contribution in [0.4, 0.5) is 0 Å². The fraction of sp³-hybridized carbons (Fsp3) is 0.111. The van der Waals surface area contributed by atoms with Crippen LogP contribution < -0.4 is 0 Å². The second kappa shape index (κ2) is 8.14. The lowest BCUT2D eigenvalue weighted by molar-refractivity contribution is 0.466. The maximum absolute atomic E-state index is 10.2. The van der Waals surface area contributed by atoms with Gasteiger partial charge in [0.25, 0.3) is 0 Å². The summed E-state index contributed by atoms with van der Waals surface area (Å²) in [6, 6.07) is 35.3. The van der Waals surface area contributed by atoms with E-state index in [9.17, 15) is 5.11 Å². The van der Waals surface area contributed by atoms with Crippen molar-refractivity contribution in [3.8, 4) is 28.0 Å². The van der Waals surface area contributed by atoms with Crippen LogP contribution in [-0.4, -0.2) is 5.11 Å². The van der Waals surface area contributed by atoms with E-state index in [-0.39, 0.29) is 5.92 Å². The summed E-state index contributed by atoms with van der Waals surface area (Å²) < 4.78 is 0. The first-order chi connectivity index (χ1) is 13.7. The highest BCUT2D eigenvalue weighted by molar-refractivity contribution is 5.86. The molecule has 4 aromatic rings. The second-order valence-electron chi connectivity index (χ2n) is 7.24. The van der Waals surface area contributed by atoms with Crippen LogP contribution in [0.3, 0.4) is 0 Å². The third-order valence-electron chi connectivity index (χ3n) is 5.29. The van der Waals surface area contributed by atoms with Gasteiger partial charge in [-0.05, 0) is 51.8 Å². The van der Waals surface area contributed by atoms with Crippen molar-refractivity contribution in [3.05, 3.63) is 114 Å². The molecule has 1 unspecified atom stereocenters. The lowest BCUT2D eigenvalue weighted by atomic mass is 9.83. The molecule has 1 N–H and O–H groups in total. The van der Waals surface area contributed by atoms with Crippen molar-refractivity contribution in [1.29, 1.82) is 0 Å². The first-order valence-electron chi connectivity index (χ1n) is 9.74. The van der Waals surface area contributed by atoms with Gasteiger partial charge in [0.2, 0.25) is 0 Å². The molecular formula is C27H24O. The van der Waals surface area contributed by atoms with Crippen molar-refractivity contribution in [2.75, 3.05) is 0 Å². The summed E-state index contributed by atoms with van der Waals surface area (Å²) >= 11 is 0. The van der Waals surface area contributed by atoms with Crippen LogP contribution in [-0.2, 0) is 6.42 Å². The fourth-order valence-electron chi connectivity index (χ4n) is 3.89. The zero-order valence-electron chi connectivity index (χ0n) is 16.0. The molecule has 138 valence electrons. The molecule has 0 bridgehead atoms. The Kier molecular flexibility index (Phi) is 5.25. The predicted molar refractivity (Wildman–Crippen MR) is 118 cm³/mol. The third kappa shape index (κ3) is 3.70. The summed E-state index contributed by atoms with van der Waals surface area (Å²) in [5.41, 5.74) is 7.25. The number of hydrogen-bond acceptors (Lipinski definition) is 1. The molecule has 4 rings (SSSR count). The van der Waals surface area contributed by atoms with Crippen LogP contribution in [0.2, 0.25) is 0 Å². The minimum atomic E-state index is 0.271. The lowest BCUT2D eigenvalue weighted by Gasteiger charge is -2.21. The average Bonchev–Trinajstić information content (AvgIpc) is 2.76. The Labute approximate surface area is 166 Å². The Morgan fingerprint density at radius 3 is 1.93 bits per heavy atom. The lowest BCUT2D eigenvalue weighted by Crippen LogP contribution is -2.02. The number of phenolic OH excluding ortho intramolecular Hbond substituents is 1. The number of aromatic hydroxyl groups is 1. The van der Waals surface area contributed by atoms with E-state index in [1.165, 1.54) is 27.8 Å². The third-order valence-corrected chi connectivity index (χ3v) is 5.29. The van der Waals surface area contributed by atoms with E-state index in [1.807, 2.05) is 18.2 Å². The zero-order valence-corrected chi connectivity index (χ0v) is 16.0. The first-order valence-corrected chi connectivity index (χ1v) is 9.74. The second-order valence-corrected chi connectivity index (χ2v) is 7.24. The number of para-hydroxylation sites is 1. The molecule has 1 nitrogen and oxygen atoms in total. The van der Waals surface area contributed by atoms with Gasteiger partial charge in [-0.15, -0.1) is 0 Å². The monoisotopic (exact) mass is 364 g/mol. The summed E-state index contributed by atoms with van der Waals surface area (Å²) in [6.07, 6.45) is 0.796. The Morgan fingerprint density at radius 1 is 0.643 bits per heavy atom. The average molecular weight is 364 g/mol. The number of hydrogen-bond donors (Lipinski definition) is 1. The SMILES string of the molecule is CC(Cc1ccccc1O)c1cccc(-c2ccccc2)c1-c1ccccc1. The van der Waals surface area contributed by atoms with Gasteiger partial charge in [0.05, 0.1) is 0 Å². The van der Waals surface area contributed by atoms with Gasteiger partial charge in [-0.3, -0.25) is 0 Å². The fourth-order valence-corrected chi connectivity index (χ4v) is 3.89. The molecule has 1 atom stereocenters. The molecule has 0 saturated carbocycles. The van der Waals surface area contributed by atoms with Crippen molar-refractivity contribution in [3.63, 3.8) is 0 Å². The van der Waals surface area contributed by atoms with Gasteiger partial charge in [-0.25, -0.2) is 0 Å². The summed E-state index contributed by atoms with van der Waals surface area (Å²) in [7, 11) is 0. The van der Waals surface area contributed by atoms with E-state index in [4.69, 9.17) is 0 Å². The van der Waals surface area contributed by atoms with E-state index in [2.05, 4.69) is 85.8 Å². The molecule has 0 saturated heterocycles. The van der Waals surface area contributed by atoms with E-state index in [0.717, 1.165) is 12.0 Å². The number of phenols is 1. The summed E-state index contributed by atoms with van der Waals surface area (Å²) in [6.45, 7) is 2.24. The van der Waals surface area contributed by atoms with Crippen LogP contribution in [0.25, 0.3) is 22.3 Å². The van der Waals surface area contributed by atoms with E-state index in [1.54, 1.807) is 6.07 Å². The van der Waals surface area contributed by atoms with Gasteiger partial charge in [-0.1, -0.05) is 104 Å². The quantitative estimate of drug-likeness (QED) is 0.401. The molecule has 0 radical (unpaired) electrons. The Morgan fingerprint density at radius 2 is 1.25 bits per heavy atom. The Hall–Kier alpha value is -3.32. The topological polar surface area (TPSA) is 20.2 Å². The summed E-state index contributed by atoms with van der Waals surface area (Å²) in [5.74, 6) is 0.641. The highest BCUT2D eigenvalue weighted by atomic mass is 16.3. The van der Waals surface area contributed by atoms with Crippen LogP contribution in [0.1, 0.15) is 24.0 Å². The molecule has 28 heavy (non-hydrogen) atoms. The zero-order chi connectivity index (χ0) is 19.3. The maximum atomic E-state index is 10.2. The number of benzene rings is 4. The van der Waals surface area contributed by atoms with Gasteiger partial charge in [0, 0.05) is 0 Å². The molecule has 4 aromatic carbocycles. The molecule has 0 aliphatic carbocycles. The minimum Gasteiger partial charge on any atom is -0.508 e. The standard InChI is InChI=1S/C27H24O/c1-20(19-23-15-8-9-18-26(23)28)24-16-10-17-25(21-11-4-2-5-12-21)27(24)22-13-6-3-7-14-22/h2-18,20,28H,19H2,1H3. The molecule has 0 aliphatic heterocycles. The van der Waals surface area contributed by atoms with Crippen LogP contribution in [0.15, 0.2) is 103 Å². The first kappa shape index (κ1) is 18.1. The minimum absolute atomic E-state index is 0.271. The molecular weight excluding hydrogens is 340 g/mol. The Bertz CT molecular complexity index is 1050. The summed E-state index contributed by atoms with van der Waals surface area (Å²) in [5, 5.41) is 10.2. The normalized spacial score (nSPS) is 11.9.